The number of unbranched alkanes of at least 4 members (excludes halogenated alkanes) is 4. The van der Waals surface area contributed by atoms with E-state index in [1.165, 1.54) is 51.4 Å². The van der Waals surface area contributed by atoms with Crippen LogP contribution in [0.25, 0.3) is 0 Å². The summed E-state index contributed by atoms with van der Waals surface area (Å²) in [5.74, 6) is -0.720. The second kappa shape index (κ2) is 16.1. The van der Waals surface area contributed by atoms with E-state index in [2.05, 4.69) is 33.0 Å². The Labute approximate surface area is 158 Å². The van der Waals surface area contributed by atoms with Gasteiger partial charge in [0.1, 0.15) is 6.04 Å². The topological polar surface area (TPSA) is 49.3 Å². The van der Waals surface area contributed by atoms with Gasteiger partial charge in [0.25, 0.3) is 0 Å². The van der Waals surface area contributed by atoms with Crippen molar-refractivity contribution in [3.8, 4) is 0 Å². The molecule has 1 heterocycles. The van der Waals surface area contributed by atoms with Gasteiger partial charge in [0, 0.05) is 0 Å². The summed E-state index contributed by atoms with van der Waals surface area (Å²) in [6.07, 6.45) is 19.9. The van der Waals surface area contributed by atoms with Crippen LogP contribution in [0.3, 0.4) is 0 Å². The fourth-order valence-corrected chi connectivity index (χ4v) is 9.77. The molecule has 0 radical (unpaired) electrons. The maximum absolute atomic E-state index is 10.1. The molecule has 1 aliphatic rings. The predicted molar refractivity (Wildman–Crippen MR) is 116 cm³/mol. The molecular formula is C21H46NO2P. The molecule has 1 unspecified atom stereocenters. The summed E-state index contributed by atoms with van der Waals surface area (Å²) in [5.41, 5.74) is 0. The molecule has 1 rings (SSSR count). The molecule has 0 spiro atoms. The predicted octanol–water partition coefficient (Wildman–Crippen LogP) is 5.76. The zero-order chi connectivity index (χ0) is 19.0. The monoisotopic (exact) mass is 375 g/mol. The van der Waals surface area contributed by atoms with Crippen LogP contribution in [0.4, 0.5) is 0 Å². The van der Waals surface area contributed by atoms with E-state index in [0.29, 0.717) is 0 Å². The average molecular weight is 376 g/mol. The number of carbonyl (C=O) groups is 1. The minimum absolute atomic E-state index is 0.269. The molecule has 0 aromatic heterocycles. The van der Waals surface area contributed by atoms with Crippen LogP contribution in [0, 0.1) is 0 Å². The van der Waals surface area contributed by atoms with Crippen LogP contribution in [0.2, 0.25) is 0 Å². The molecule has 0 saturated carbocycles. The molecule has 0 amide bonds. The van der Waals surface area contributed by atoms with Crippen LogP contribution >= 0.6 is 7.26 Å². The van der Waals surface area contributed by atoms with E-state index < -0.39 is 13.2 Å². The summed E-state index contributed by atoms with van der Waals surface area (Å²) in [4.78, 5) is 10.1. The maximum Gasteiger partial charge on any atom is 0.320 e. The van der Waals surface area contributed by atoms with Gasteiger partial charge in [-0.15, -0.1) is 0 Å². The number of nitrogens with one attached hydrogen (secondary N) is 1. The van der Waals surface area contributed by atoms with E-state index in [4.69, 9.17) is 5.11 Å². The van der Waals surface area contributed by atoms with Crippen LogP contribution in [0.1, 0.15) is 91.9 Å². The van der Waals surface area contributed by atoms with E-state index in [0.717, 1.165) is 19.4 Å². The van der Waals surface area contributed by atoms with Crippen LogP contribution in [-0.2, 0) is 4.79 Å². The van der Waals surface area contributed by atoms with Gasteiger partial charge in [-0.25, -0.2) is 0 Å². The van der Waals surface area contributed by atoms with E-state index >= 15 is 0 Å². The minimum Gasteiger partial charge on any atom is -0.480 e. The van der Waals surface area contributed by atoms with Gasteiger partial charge in [0.15, 0.2) is 0 Å². The number of hydrogen-bond donors (Lipinski definition) is 2. The van der Waals surface area contributed by atoms with Gasteiger partial charge >= 0.3 is 117 Å². The molecule has 0 aromatic carbocycles. The Morgan fingerprint density at radius 3 is 1.48 bits per heavy atom. The minimum atomic E-state index is -0.879. The second-order valence-corrected chi connectivity index (χ2v) is 12.9. The molecule has 4 heteroatoms. The van der Waals surface area contributed by atoms with Crippen LogP contribution < -0.4 is 5.32 Å². The fraction of sp³-hybridized carbons (Fsp3) is 0.952. The first-order valence-electron chi connectivity index (χ1n) is 11.0. The van der Waals surface area contributed by atoms with Crippen molar-refractivity contribution in [3.63, 3.8) is 0 Å². The Morgan fingerprint density at radius 2 is 1.28 bits per heavy atom. The van der Waals surface area contributed by atoms with Gasteiger partial charge < -0.3 is 10.4 Å². The van der Waals surface area contributed by atoms with Gasteiger partial charge in [-0.3, -0.25) is 4.79 Å². The summed E-state index contributed by atoms with van der Waals surface area (Å²) in [6.45, 7) is 10.3. The zero-order valence-corrected chi connectivity index (χ0v) is 18.5. The summed E-state index contributed by atoms with van der Waals surface area (Å²) in [6, 6.07) is -0.269. The Balaban J connectivity index is 0.000000593. The van der Waals surface area contributed by atoms with Crippen molar-refractivity contribution in [1.82, 2.24) is 5.32 Å². The van der Waals surface area contributed by atoms with Crippen molar-refractivity contribution >= 4 is 13.2 Å². The normalized spacial score (nSPS) is 17.8. The average Bonchev–Trinajstić information content (AvgIpc) is 3.16. The fourth-order valence-electron chi connectivity index (χ4n) is 3.85. The molecule has 1 saturated heterocycles. The number of carboxylic acids is 1. The maximum atomic E-state index is 10.1. The molecule has 1 aliphatic heterocycles. The Bertz CT molecular complexity index is 280. The number of rotatable bonds is 13. The number of carboxylic acid groups (broad SMARTS) is 1. The summed E-state index contributed by atoms with van der Waals surface area (Å²) >= 11 is 0. The Kier molecular flexibility index (Phi) is 16.0. The van der Waals surface area contributed by atoms with E-state index in [1.807, 2.05) is 0 Å². The van der Waals surface area contributed by atoms with Crippen molar-refractivity contribution in [2.24, 2.45) is 0 Å². The summed E-state index contributed by atoms with van der Waals surface area (Å²) in [5, 5.41) is 11.2. The first-order chi connectivity index (χ1) is 12.0. The SMILES string of the molecule is CCCC[PH](CCCC)(CCCC)CCCC.O=C(O)C1CCCN1. The Morgan fingerprint density at radius 1 is 0.880 bits per heavy atom. The van der Waals surface area contributed by atoms with Crippen molar-refractivity contribution in [2.45, 2.75) is 97.9 Å². The molecule has 152 valence electrons. The van der Waals surface area contributed by atoms with Gasteiger partial charge in [-0.05, 0) is 19.4 Å². The third-order valence-electron chi connectivity index (χ3n) is 5.60. The van der Waals surface area contributed by atoms with Crippen LogP contribution in [0.5, 0.6) is 0 Å². The van der Waals surface area contributed by atoms with Crippen molar-refractivity contribution in [2.75, 3.05) is 31.2 Å². The van der Waals surface area contributed by atoms with Crippen molar-refractivity contribution < 1.29 is 9.90 Å². The molecule has 0 aliphatic carbocycles. The smallest absolute Gasteiger partial charge is 0.320 e. The Hall–Kier alpha value is -0.140. The quantitative estimate of drug-likeness (QED) is 0.402. The summed E-state index contributed by atoms with van der Waals surface area (Å²) in [7, 11) is -0.879. The van der Waals surface area contributed by atoms with Crippen LogP contribution in [-0.4, -0.2) is 48.3 Å². The molecule has 1 fully saturated rings. The second-order valence-electron chi connectivity index (χ2n) is 7.90. The first kappa shape index (κ1) is 24.9. The number of aliphatic carboxylic acids is 1. The van der Waals surface area contributed by atoms with E-state index in [-0.39, 0.29) is 6.04 Å². The van der Waals surface area contributed by atoms with Gasteiger partial charge in [0.05, 0.1) is 0 Å². The number of hydrogen-bond acceptors (Lipinski definition) is 2. The van der Waals surface area contributed by atoms with Crippen molar-refractivity contribution in [1.29, 1.82) is 0 Å². The third-order valence-corrected chi connectivity index (χ3v) is 11.3. The van der Waals surface area contributed by atoms with Crippen molar-refractivity contribution in [3.05, 3.63) is 0 Å². The van der Waals surface area contributed by atoms with Crippen LogP contribution in [0.15, 0.2) is 0 Å². The van der Waals surface area contributed by atoms with Gasteiger partial charge in [-0.2, -0.15) is 0 Å². The molecular weight excluding hydrogens is 329 g/mol. The van der Waals surface area contributed by atoms with E-state index in [9.17, 15) is 4.79 Å². The van der Waals surface area contributed by atoms with Gasteiger partial charge in [0.2, 0.25) is 0 Å². The van der Waals surface area contributed by atoms with Gasteiger partial charge in [-0.1, -0.05) is 0 Å². The molecule has 3 nitrogen and oxygen atoms in total. The molecule has 25 heavy (non-hydrogen) atoms. The van der Waals surface area contributed by atoms with E-state index in [1.54, 1.807) is 24.6 Å². The molecule has 0 aromatic rings. The zero-order valence-electron chi connectivity index (χ0n) is 17.5. The first-order valence-corrected chi connectivity index (χ1v) is 13.8. The third kappa shape index (κ3) is 12.0. The molecule has 0 bridgehead atoms. The summed E-state index contributed by atoms with van der Waals surface area (Å²) < 4.78 is 0. The standard InChI is InChI=1S/C16H37P.C5H9NO2/c1-5-9-13-17(14-10-6-2,15-11-7-3)16-12-8-4;7-5(8)4-2-1-3-6-4/h17H,5-16H2,1-4H3;4,6H,1-3H2,(H,7,8). The molecule has 2 N–H and O–H groups in total. The molecule has 1 atom stereocenters. The largest absolute Gasteiger partial charge is 0.480 e.